The van der Waals surface area contributed by atoms with Gasteiger partial charge in [0.15, 0.2) is 0 Å². The summed E-state index contributed by atoms with van der Waals surface area (Å²) >= 11 is 0. The Bertz CT molecular complexity index is 1890. The molecule has 0 bridgehead atoms. The lowest BCUT2D eigenvalue weighted by molar-refractivity contribution is 1.69. The maximum absolute atomic E-state index is 6.10. The topological polar surface area (TPSA) is 0 Å². The minimum Gasteiger partial charge on any atom is -0.114 e. The summed E-state index contributed by atoms with van der Waals surface area (Å²) in [6.07, 6.45) is 0. The molecule has 0 atom stereocenters. The maximum Gasteiger partial charge on any atom is 0.113 e. The van der Waals surface area contributed by atoms with E-state index in [1.54, 1.807) is 0 Å². The summed E-state index contributed by atoms with van der Waals surface area (Å²) in [5.74, 6) is 0. The normalized spacial score (nSPS) is 10.8. The molecule has 0 spiro atoms. The molecule has 0 saturated heterocycles. The van der Waals surface area contributed by atoms with Crippen molar-refractivity contribution in [2.24, 2.45) is 0 Å². The van der Waals surface area contributed by atoms with E-state index in [0.717, 1.165) is 11.0 Å². The summed E-state index contributed by atoms with van der Waals surface area (Å²) in [6.45, 7) is 0. The summed E-state index contributed by atoms with van der Waals surface area (Å²) in [7, 11) is 6.10. The van der Waals surface area contributed by atoms with Gasteiger partial charge in [0.1, 0.15) is 7.85 Å². The van der Waals surface area contributed by atoms with E-state index in [-0.39, 0.29) is 50.9 Å². The Hall–Kier alpha value is -2.66. The van der Waals surface area contributed by atoms with Crippen molar-refractivity contribution in [3.8, 4) is 11.1 Å². The SMILES string of the molecule is Br.Br.Br.[B]c1cccc(-c2cccc3cc4ccc5cc6cc7ccccc7cc6cc5c4cc23)c1. The van der Waals surface area contributed by atoms with Crippen molar-refractivity contribution in [1.29, 1.82) is 0 Å². The first-order valence-corrected chi connectivity index (χ1v) is 11.3. The Morgan fingerprint density at radius 2 is 0.889 bits per heavy atom. The summed E-state index contributed by atoms with van der Waals surface area (Å²) in [4.78, 5) is 0. The first-order valence-electron chi connectivity index (χ1n) is 11.3. The predicted octanol–water partition coefficient (Wildman–Crippen LogP) is 9.65. The summed E-state index contributed by atoms with van der Waals surface area (Å²) in [6, 6.07) is 41.7. The van der Waals surface area contributed by atoms with Gasteiger partial charge in [0.2, 0.25) is 0 Å². The van der Waals surface area contributed by atoms with E-state index in [4.69, 9.17) is 7.85 Å². The second kappa shape index (κ2) is 10.4. The fraction of sp³-hybridized carbons (Fsp3) is 0. The van der Waals surface area contributed by atoms with Crippen LogP contribution in [0.1, 0.15) is 0 Å². The average Bonchev–Trinajstić information content (AvgIpc) is 2.84. The lowest BCUT2D eigenvalue weighted by Crippen LogP contribution is -2.00. The predicted molar refractivity (Wildman–Crippen MR) is 176 cm³/mol. The molecule has 0 aliphatic rings. The molecule has 0 saturated carbocycles. The van der Waals surface area contributed by atoms with Gasteiger partial charge in [-0.25, -0.2) is 0 Å². The van der Waals surface area contributed by atoms with Gasteiger partial charge in [-0.1, -0.05) is 84.3 Å². The lowest BCUT2D eigenvalue weighted by Gasteiger charge is -2.12. The Kier molecular flexibility index (Phi) is 7.61. The van der Waals surface area contributed by atoms with Gasteiger partial charge >= 0.3 is 0 Å². The van der Waals surface area contributed by atoms with E-state index in [1.807, 2.05) is 12.1 Å². The monoisotopic (exact) mass is 654 g/mol. The summed E-state index contributed by atoms with van der Waals surface area (Å²) < 4.78 is 0. The summed E-state index contributed by atoms with van der Waals surface area (Å²) in [5, 5.41) is 12.7. The van der Waals surface area contributed by atoms with Crippen molar-refractivity contribution in [1.82, 2.24) is 0 Å². The minimum absolute atomic E-state index is 0. The highest BCUT2D eigenvalue weighted by Gasteiger charge is 2.09. The number of benzene rings is 7. The molecule has 36 heavy (non-hydrogen) atoms. The maximum atomic E-state index is 6.10. The molecule has 2 radical (unpaired) electrons. The highest BCUT2D eigenvalue weighted by molar-refractivity contribution is 8.93. The smallest absolute Gasteiger partial charge is 0.113 e. The molecule has 0 nitrogen and oxygen atoms in total. The van der Waals surface area contributed by atoms with Gasteiger partial charge in [0.05, 0.1) is 0 Å². The zero-order chi connectivity index (χ0) is 21.9. The van der Waals surface area contributed by atoms with E-state index >= 15 is 0 Å². The highest BCUT2D eigenvalue weighted by atomic mass is 79.9. The van der Waals surface area contributed by atoms with E-state index in [1.165, 1.54) is 59.4 Å². The third-order valence-electron chi connectivity index (χ3n) is 6.85. The van der Waals surface area contributed by atoms with E-state index < -0.39 is 0 Å². The van der Waals surface area contributed by atoms with E-state index in [9.17, 15) is 0 Å². The van der Waals surface area contributed by atoms with E-state index in [2.05, 4.69) is 103 Å². The van der Waals surface area contributed by atoms with Crippen molar-refractivity contribution >= 4 is 118 Å². The third kappa shape index (κ3) is 4.36. The number of halogens is 3. The van der Waals surface area contributed by atoms with E-state index in [0.29, 0.717) is 0 Å². The fourth-order valence-corrected chi connectivity index (χ4v) is 5.23. The Morgan fingerprint density at radius 3 is 1.58 bits per heavy atom. The molecule has 0 N–H and O–H groups in total. The molecule has 7 rings (SSSR count). The first-order chi connectivity index (χ1) is 16.2. The van der Waals surface area contributed by atoms with Crippen LogP contribution < -0.4 is 5.46 Å². The van der Waals surface area contributed by atoms with Gasteiger partial charge in [-0.15, -0.1) is 50.9 Å². The van der Waals surface area contributed by atoms with Crippen LogP contribution in [0.2, 0.25) is 0 Å². The Balaban J connectivity index is 0.00000101. The molecule has 4 heteroatoms. The molecule has 0 aromatic heterocycles. The number of hydrogen-bond acceptors (Lipinski definition) is 0. The molecular formula is C32H22BBr3. The van der Waals surface area contributed by atoms with Crippen molar-refractivity contribution in [3.05, 3.63) is 115 Å². The molecule has 7 aromatic carbocycles. The largest absolute Gasteiger partial charge is 0.114 e. The molecule has 0 unspecified atom stereocenters. The molecule has 0 aliphatic heterocycles. The quantitative estimate of drug-likeness (QED) is 0.0938. The second-order valence-corrected chi connectivity index (χ2v) is 8.91. The van der Waals surface area contributed by atoms with Gasteiger partial charge in [-0.3, -0.25) is 0 Å². The van der Waals surface area contributed by atoms with Gasteiger partial charge in [0, 0.05) is 0 Å². The number of fused-ring (bicyclic) bond motifs is 6. The van der Waals surface area contributed by atoms with Crippen LogP contribution in [-0.4, -0.2) is 7.85 Å². The zero-order valence-electron chi connectivity index (χ0n) is 19.3. The Morgan fingerprint density at radius 1 is 0.361 bits per heavy atom. The third-order valence-corrected chi connectivity index (χ3v) is 6.85. The molecule has 7 aromatic rings. The average molecular weight is 657 g/mol. The summed E-state index contributed by atoms with van der Waals surface area (Å²) in [5.41, 5.74) is 3.15. The molecule has 0 amide bonds. The number of hydrogen-bond donors (Lipinski definition) is 0. The van der Waals surface area contributed by atoms with Crippen LogP contribution in [0.3, 0.4) is 0 Å². The van der Waals surface area contributed by atoms with Crippen LogP contribution in [0.15, 0.2) is 115 Å². The van der Waals surface area contributed by atoms with Crippen LogP contribution in [0.25, 0.3) is 65.0 Å². The zero-order valence-corrected chi connectivity index (χ0v) is 24.4. The van der Waals surface area contributed by atoms with Crippen LogP contribution in [0.4, 0.5) is 0 Å². The fourth-order valence-electron chi connectivity index (χ4n) is 5.23. The second-order valence-electron chi connectivity index (χ2n) is 8.91. The lowest BCUT2D eigenvalue weighted by atomic mass is 9.89. The molecule has 174 valence electrons. The van der Waals surface area contributed by atoms with Gasteiger partial charge < -0.3 is 0 Å². The highest BCUT2D eigenvalue weighted by Crippen LogP contribution is 2.36. The van der Waals surface area contributed by atoms with Crippen molar-refractivity contribution < 1.29 is 0 Å². The number of rotatable bonds is 1. The van der Waals surface area contributed by atoms with Crippen molar-refractivity contribution in [2.75, 3.05) is 0 Å². The molecule has 0 fully saturated rings. The Labute approximate surface area is 243 Å². The molecular weight excluding hydrogens is 635 g/mol. The van der Waals surface area contributed by atoms with Gasteiger partial charge in [0.25, 0.3) is 0 Å². The van der Waals surface area contributed by atoms with Crippen LogP contribution >= 0.6 is 50.9 Å². The van der Waals surface area contributed by atoms with Crippen molar-refractivity contribution in [2.45, 2.75) is 0 Å². The van der Waals surface area contributed by atoms with Crippen LogP contribution in [0, 0.1) is 0 Å². The molecule has 0 aliphatic carbocycles. The van der Waals surface area contributed by atoms with Crippen LogP contribution in [-0.2, 0) is 0 Å². The van der Waals surface area contributed by atoms with Gasteiger partial charge in [-0.05, 0) is 101 Å². The van der Waals surface area contributed by atoms with Gasteiger partial charge in [-0.2, -0.15) is 0 Å². The molecule has 0 heterocycles. The minimum atomic E-state index is 0. The van der Waals surface area contributed by atoms with Crippen molar-refractivity contribution in [3.63, 3.8) is 0 Å². The standard InChI is InChI=1S/C32H19B.3BrH/c33-28-9-3-7-23(17-28)29-10-4-8-22-15-24-11-12-25-16-26-13-20-5-1-2-6-21(20)14-27(26)18-30(25)32(24)19-31(22)29;;;/h1-19H;3*1H. The van der Waals surface area contributed by atoms with Crippen LogP contribution in [0.5, 0.6) is 0 Å². The first kappa shape index (κ1) is 26.4.